The molecule has 58 heavy (non-hydrogen) atoms. The molecule has 1 aromatic carbocycles. The van der Waals surface area contributed by atoms with Gasteiger partial charge in [-0.2, -0.15) is 0 Å². The molecule has 0 saturated carbocycles. The van der Waals surface area contributed by atoms with Gasteiger partial charge in [-0.1, -0.05) is 32.9 Å². The first-order valence-corrected chi connectivity index (χ1v) is 20.4. The number of aromatic hydroxyl groups is 1. The van der Waals surface area contributed by atoms with E-state index in [1.165, 1.54) is 12.1 Å². The van der Waals surface area contributed by atoms with Crippen molar-refractivity contribution in [3.63, 3.8) is 0 Å². The van der Waals surface area contributed by atoms with E-state index in [2.05, 4.69) is 53.2 Å². The van der Waals surface area contributed by atoms with Gasteiger partial charge in [0.25, 0.3) is 0 Å². The highest BCUT2D eigenvalue weighted by Crippen LogP contribution is 2.19. The zero-order valence-corrected chi connectivity index (χ0v) is 33.5. The standard InChI is InChI=1S/C39H61N11O8/c1-4-33(52)46-30-17-42-13-25(30)37(56)45-11-22(9-21-5-7-23(51)8-6-21)36(55)49-31-18-43-14-26(31)39(58)50-32-19-44-15-27(32)38(57)48-28(20(2)3)10-34(53)47-29-16-41-12-24(29)35(40)54/h5-8,20,22,24-32,41-44,51H,4,9-19H2,1-3H3,(H2,40,54)(H,45,56)(H,46,52)(H,47,53)(H,48,57)(H,49,55)(H,50,58)/t22-,24-,25-,26-,27-,28+,29+,30+,31+,32+/m0/s1. The van der Waals surface area contributed by atoms with Crippen LogP contribution in [0, 0.1) is 35.5 Å². The van der Waals surface area contributed by atoms with Crippen LogP contribution in [0.15, 0.2) is 24.3 Å². The van der Waals surface area contributed by atoms with E-state index in [9.17, 15) is 38.7 Å². The van der Waals surface area contributed by atoms with Gasteiger partial charge in [-0.3, -0.25) is 33.6 Å². The molecule has 4 heterocycles. The number of amides is 7. The van der Waals surface area contributed by atoms with Crippen LogP contribution in [0.5, 0.6) is 5.75 Å². The van der Waals surface area contributed by atoms with Crippen LogP contribution < -0.4 is 58.9 Å². The second kappa shape index (κ2) is 20.7. The lowest BCUT2D eigenvalue weighted by Gasteiger charge is -2.28. The predicted molar refractivity (Wildman–Crippen MR) is 212 cm³/mol. The maximum Gasteiger partial charge on any atom is 0.226 e. The lowest BCUT2D eigenvalue weighted by molar-refractivity contribution is -0.129. The maximum absolute atomic E-state index is 13.9. The van der Waals surface area contributed by atoms with Gasteiger partial charge < -0.3 is 64.0 Å². The average Bonchev–Trinajstić information content (AvgIpc) is 4.02. The van der Waals surface area contributed by atoms with E-state index in [0.29, 0.717) is 58.8 Å². The third-order valence-electron chi connectivity index (χ3n) is 11.8. The van der Waals surface area contributed by atoms with Crippen LogP contribution in [0.4, 0.5) is 0 Å². The van der Waals surface area contributed by atoms with Crippen LogP contribution in [-0.2, 0) is 40.0 Å². The molecule has 4 aliphatic heterocycles. The minimum absolute atomic E-state index is 0.00273. The van der Waals surface area contributed by atoms with E-state index in [-0.39, 0.29) is 72.5 Å². The third-order valence-corrected chi connectivity index (χ3v) is 11.8. The molecule has 5 rings (SSSR count). The van der Waals surface area contributed by atoms with Crippen molar-refractivity contribution in [1.29, 1.82) is 0 Å². The first-order valence-electron chi connectivity index (χ1n) is 20.4. The Morgan fingerprint density at radius 3 is 1.74 bits per heavy atom. The second-order valence-corrected chi connectivity index (χ2v) is 16.3. The fourth-order valence-electron chi connectivity index (χ4n) is 8.08. The molecule has 0 radical (unpaired) electrons. The molecule has 0 aliphatic carbocycles. The number of primary amides is 1. The quantitative estimate of drug-likeness (QED) is 0.0675. The van der Waals surface area contributed by atoms with Gasteiger partial charge in [-0.25, -0.2) is 0 Å². The summed E-state index contributed by atoms with van der Waals surface area (Å²) in [5.74, 6) is -5.25. The molecule has 0 unspecified atom stereocenters. The molecule has 4 aliphatic rings. The van der Waals surface area contributed by atoms with Crippen molar-refractivity contribution >= 4 is 41.4 Å². The smallest absolute Gasteiger partial charge is 0.226 e. The monoisotopic (exact) mass is 811 g/mol. The fraction of sp³-hybridized carbons (Fsp3) is 0.667. The fourth-order valence-corrected chi connectivity index (χ4v) is 8.08. The normalized spacial score (nSPS) is 27.7. The largest absolute Gasteiger partial charge is 0.508 e. The minimum Gasteiger partial charge on any atom is -0.508 e. The summed E-state index contributed by atoms with van der Waals surface area (Å²) in [7, 11) is 0. The van der Waals surface area contributed by atoms with E-state index < -0.39 is 59.7 Å². The molecule has 7 amide bonds. The number of nitrogens with two attached hydrogens (primary N) is 1. The van der Waals surface area contributed by atoms with Gasteiger partial charge in [0, 0.05) is 77.8 Å². The van der Waals surface area contributed by atoms with Gasteiger partial charge in [0.15, 0.2) is 0 Å². The van der Waals surface area contributed by atoms with Gasteiger partial charge >= 0.3 is 0 Å². The summed E-state index contributed by atoms with van der Waals surface area (Å²) in [5, 5.41) is 40.1. The van der Waals surface area contributed by atoms with Gasteiger partial charge in [0.1, 0.15) is 5.75 Å². The van der Waals surface area contributed by atoms with Crippen molar-refractivity contribution in [3.8, 4) is 5.75 Å². The number of hydrogen-bond donors (Lipinski definition) is 12. The highest BCUT2D eigenvalue weighted by Gasteiger charge is 2.41. The molecule has 1 aromatic rings. The van der Waals surface area contributed by atoms with Crippen molar-refractivity contribution < 1.29 is 38.7 Å². The molecular weight excluding hydrogens is 750 g/mol. The molecule has 4 saturated heterocycles. The summed E-state index contributed by atoms with van der Waals surface area (Å²) < 4.78 is 0. The topological polar surface area (TPSA) is 286 Å². The highest BCUT2D eigenvalue weighted by molar-refractivity contribution is 5.87. The van der Waals surface area contributed by atoms with Crippen molar-refractivity contribution in [2.75, 3.05) is 58.9 Å². The van der Waals surface area contributed by atoms with Crippen molar-refractivity contribution in [2.24, 2.45) is 41.2 Å². The number of rotatable bonds is 18. The Kier molecular flexibility index (Phi) is 15.8. The molecule has 0 spiro atoms. The number of benzene rings is 1. The minimum atomic E-state index is -0.724. The van der Waals surface area contributed by atoms with Crippen LogP contribution in [0.1, 0.15) is 39.2 Å². The Balaban J connectivity index is 1.17. The lowest BCUT2D eigenvalue weighted by atomic mass is 9.94. The molecular formula is C39H61N11O8. The van der Waals surface area contributed by atoms with Gasteiger partial charge in [-0.15, -0.1) is 0 Å². The van der Waals surface area contributed by atoms with E-state index >= 15 is 0 Å². The Labute approximate surface area is 338 Å². The van der Waals surface area contributed by atoms with Crippen LogP contribution >= 0.6 is 0 Å². The number of nitrogens with one attached hydrogen (secondary N) is 10. The average molecular weight is 812 g/mol. The number of hydrogen-bond acceptors (Lipinski definition) is 12. The molecule has 13 N–H and O–H groups in total. The summed E-state index contributed by atoms with van der Waals surface area (Å²) in [4.78, 5) is 91.5. The van der Waals surface area contributed by atoms with Crippen LogP contribution in [-0.4, -0.2) is 136 Å². The molecule has 19 heteroatoms. The molecule has 10 atom stereocenters. The highest BCUT2D eigenvalue weighted by atomic mass is 16.3. The SMILES string of the molecule is CCC(=O)N[C@@H]1CNC[C@@H]1C(=O)NC[C@H](Cc1ccc(O)cc1)C(=O)N[C@@H]1CNC[C@@H]1C(=O)N[C@@H]1CNC[C@@H]1C(=O)N[C@H](CC(=O)N[C@@H]1CNC[C@@H]1C(N)=O)C(C)C. The zero-order valence-electron chi connectivity index (χ0n) is 33.5. The maximum atomic E-state index is 13.9. The Hall–Kier alpha value is -4.85. The van der Waals surface area contributed by atoms with E-state index in [0.717, 1.165) is 5.56 Å². The van der Waals surface area contributed by atoms with E-state index in [4.69, 9.17) is 5.73 Å². The van der Waals surface area contributed by atoms with E-state index in [1.54, 1.807) is 19.1 Å². The summed E-state index contributed by atoms with van der Waals surface area (Å²) in [6.07, 6.45) is 0.548. The third kappa shape index (κ3) is 11.9. The van der Waals surface area contributed by atoms with Crippen molar-refractivity contribution in [2.45, 2.75) is 70.2 Å². The first-order chi connectivity index (χ1) is 27.7. The van der Waals surface area contributed by atoms with E-state index in [1.807, 2.05) is 13.8 Å². The Bertz CT molecular complexity index is 1650. The predicted octanol–water partition coefficient (Wildman–Crippen LogP) is -4.09. The Morgan fingerprint density at radius 2 is 1.17 bits per heavy atom. The van der Waals surface area contributed by atoms with Crippen LogP contribution in [0.2, 0.25) is 0 Å². The van der Waals surface area contributed by atoms with Gasteiger partial charge in [0.2, 0.25) is 41.4 Å². The second-order valence-electron chi connectivity index (χ2n) is 16.3. The van der Waals surface area contributed by atoms with Crippen LogP contribution in [0.3, 0.4) is 0 Å². The first kappa shape index (κ1) is 44.3. The zero-order chi connectivity index (χ0) is 41.9. The molecule has 4 fully saturated rings. The summed E-state index contributed by atoms with van der Waals surface area (Å²) in [5.41, 5.74) is 6.25. The van der Waals surface area contributed by atoms with Crippen LogP contribution in [0.25, 0.3) is 0 Å². The summed E-state index contributed by atoms with van der Waals surface area (Å²) in [6, 6.07) is 4.05. The van der Waals surface area contributed by atoms with Crippen molar-refractivity contribution in [3.05, 3.63) is 29.8 Å². The molecule has 0 aromatic heterocycles. The molecule has 0 bridgehead atoms. The number of carbonyl (C=O) groups excluding carboxylic acids is 7. The van der Waals surface area contributed by atoms with Gasteiger partial charge in [-0.05, 0) is 30.0 Å². The lowest BCUT2D eigenvalue weighted by Crippen LogP contribution is -2.54. The Morgan fingerprint density at radius 1 is 0.672 bits per heavy atom. The van der Waals surface area contributed by atoms with Crippen molar-refractivity contribution in [1.82, 2.24) is 53.2 Å². The summed E-state index contributed by atoms with van der Waals surface area (Å²) in [6.45, 7) is 8.49. The number of phenols is 1. The molecule has 320 valence electrons. The van der Waals surface area contributed by atoms with Gasteiger partial charge in [0.05, 0.1) is 53.8 Å². The number of carbonyl (C=O) groups is 7. The number of phenolic OH excluding ortho intramolecular Hbond substituents is 1. The molecule has 19 nitrogen and oxygen atoms in total. The summed E-state index contributed by atoms with van der Waals surface area (Å²) >= 11 is 0.